The lowest BCUT2D eigenvalue weighted by Gasteiger charge is -2.31. The van der Waals surface area contributed by atoms with Crippen molar-refractivity contribution in [2.45, 2.75) is 65.7 Å². The van der Waals surface area contributed by atoms with Gasteiger partial charge < -0.3 is 5.32 Å². The first kappa shape index (κ1) is 18.9. The summed E-state index contributed by atoms with van der Waals surface area (Å²) < 4.78 is 27.1. The molecule has 0 radical (unpaired) electrons. The first-order valence-electron chi connectivity index (χ1n) is 8.57. The van der Waals surface area contributed by atoms with Gasteiger partial charge in [0.05, 0.1) is 5.75 Å². The molecule has 0 heterocycles. The van der Waals surface area contributed by atoms with Gasteiger partial charge in [0, 0.05) is 6.54 Å². The summed E-state index contributed by atoms with van der Waals surface area (Å²) in [7, 11) is -3.11. The summed E-state index contributed by atoms with van der Waals surface area (Å²) in [5.74, 6) is 0.892. The highest BCUT2D eigenvalue weighted by atomic mass is 32.2. The zero-order chi connectivity index (χ0) is 15.8. The Hall–Kier alpha value is -0.130. The standard InChI is InChI=1S/C16H34N2O2S/c1-4-17-11-7-8-12-21(19,20)18-14-16(13-15(2)3)9-5-6-10-16/h15,17-18H,4-14H2,1-3H3. The minimum absolute atomic E-state index is 0.213. The lowest BCUT2D eigenvalue weighted by molar-refractivity contribution is 0.236. The van der Waals surface area contributed by atoms with E-state index < -0.39 is 10.0 Å². The van der Waals surface area contributed by atoms with E-state index in [1.165, 1.54) is 25.7 Å². The predicted molar refractivity (Wildman–Crippen MR) is 89.9 cm³/mol. The molecule has 1 saturated carbocycles. The molecule has 0 saturated heterocycles. The fourth-order valence-electron chi connectivity index (χ4n) is 3.50. The fourth-order valence-corrected chi connectivity index (χ4v) is 4.75. The van der Waals surface area contributed by atoms with Crippen LogP contribution in [-0.2, 0) is 10.0 Å². The van der Waals surface area contributed by atoms with Crippen molar-refractivity contribution in [3.63, 3.8) is 0 Å². The average molecular weight is 319 g/mol. The van der Waals surface area contributed by atoms with Gasteiger partial charge in [0.25, 0.3) is 0 Å². The Bertz CT molecular complexity index is 374. The van der Waals surface area contributed by atoms with E-state index in [0.717, 1.165) is 32.4 Å². The first-order valence-corrected chi connectivity index (χ1v) is 10.2. The summed E-state index contributed by atoms with van der Waals surface area (Å²) in [5, 5.41) is 3.22. The number of hydrogen-bond acceptors (Lipinski definition) is 3. The Kier molecular flexibility index (Phi) is 8.21. The van der Waals surface area contributed by atoms with Gasteiger partial charge in [-0.2, -0.15) is 0 Å². The maximum Gasteiger partial charge on any atom is 0.211 e. The fraction of sp³-hybridized carbons (Fsp3) is 1.00. The van der Waals surface area contributed by atoms with E-state index >= 15 is 0 Å². The van der Waals surface area contributed by atoms with E-state index in [2.05, 4.69) is 30.8 Å². The van der Waals surface area contributed by atoms with Crippen LogP contribution in [-0.4, -0.2) is 33.8 Å². The lowest BCUT2D eigenvalue weighted by Crippen LogP contribution is -2.38. The van der Waals surface area contributed by atoms with Crippen LogP contribution in [0.4, 0.5) is 0 Å². The van der Waals surface area contributed by atoms with Crippen LogP contribution in [0.5, 0.6) is 0 Å². The molecule has 0 unspecified atom stereocenters. The largest absolute Gasteiger partial charge is 0.317 e. The molecule has 0 aliphatic heterocycles. The van der Waals surface area contributed by atoms with Crippen molar-refractivity contribution in [2.75, 3.05) is 25.4 Å². The summed E-state index contributed by atoms with van der Waals surface area (Å²) in [4.78, 5) is 0. The number of sulfonamides is 1. The molecule has 0 bridgehead atoms. The highest BCUT2D eigenvalue weighted by molar-refractivity contribution is 7.89. The molecule has 2 N–H and O–H groups in total. The van der Waals surface area contributed by atoms with Gasteiger partial charge in [-0.3, -0.25) is 0 Å². The van der Waals surface area contributed by atoms with Gasteiger partial charge in [0.2, 0.25) is 10.0 Å². The van der Waals surface area contributed by atoms with Crippen LogP contribution < -0.4 is 10.0 Å². The van der Waals surface area contributed by atoms with Crippen molar-refractivity contribution < 1.29 is 8.42 Å². The van der Waals surface area contributed by atoms with Crippen LogP contribution in [0.2, 0.25) is 0 Å². The van der Waals surface area contributed by atoms with E-state index in [9.17, 15) is 8.42 Å². The second-order valence-corrected chi connectivity index (χ2v) is 8.93. The number of unbranched alkanes of at least 4 members (excludes halogenated alkanes) is 1. The SMILES string of the molecule is CCNCCCCS(=O)(=O)NCC1(CC(C)C)CCCC1. The maximum absolute atomic E-state index is 12.1. The van der Waals surface area contributed by atoms with Crippen LogP contribution in [0, 0.1) is 11.3 Å². The minimum Gasteiger partial charge on any atom is -0.317 e. The molecular formula is C16H34N2O2S. The molecule has 0 atom stereocenters. The Balaban J connectivity index is 2.36. The van der Waals surface area contributed by atoms with Gasteiger partial charge in [-0.25, -0.2) is 13.1 Å². The average Bonchev–Trinajstić information content (AvgIpc) is 2.85. The van der Waals surface area contributed by atoms with Crippen LogP contribution in [0.1, 0.15) is 65.7 Å². The smallest absolute Gasteiger partial charge is 0.211 e. The topological polar surface area (TPSA) is 58.2 Å². The molecule has 0 aromatic carbocycles. The Morgan fingerprint density at radius 2 is 1.81 bits per heavy atom. The summed E-state index contributed by atoms with van der Waals surface area (Å²) in [6.45, 7) is 9.02. The Morgan fingerprint density at radius 1 is 1.14 bits per heavy atom. The van der Waals surface area contributed by atoms with E-state index in [4.69, 9.17) is 0 Å². The quantitative estimate of drug-likeness (QED) is 0.576. The summed E-state index contributed by atoms with van der Waals surface area (Å²) >= 11 is 0. The third-order valence-electron chi connectivity index (χ3n) is 4.44. The third-order valence-corrected chi connectivity index (χ3v) is 5.85. The van der Waals surface area contributed by atoms with E-state index in [1.807, 2.05) is 0 Å². The van der Waals surface area contributed by atoms with Gasteiger partial charge in [0.1, 0.15) is 0 Å². The molecule has 1 rings (SSSR count). The molecular weight excluding hydrogens is 284 g/mol. The molecule has 0 aromatic rings. The van der Waals surface area contributed by atoms with Gasteiger partial charge in [0.15, 0.2) is 0 Å². The second kappa shape index (κ2) is 9.11. The van der Waals surface area contributed by atoms with E-state index in [1.54, 1.807) is 0 Å². The van der Waals surface area contributed by atoms with Crippen LogP contribution in [0.3, 0.4) is 0 Å². The van der Waals surface area contributed by atoms with Crippen molar-refractivity contribution in [3.8, 4) is 0 Å². The minimum atomic E-state index is -3.11. The summed E-state index contributed by atoms with van der Waals surface area (Å²) in [6.07, 6.45) is 7.64. The second-order valence-electron chi connectivity index (χ2n) is 7.01. The lowest BCUT2D eigenvalue weighted by atomic mass is 9.79. The zero-order valence-electron chi connectivity index (χ0n) is 14.1. The van der Waals surface area contributed by atoms with Crippen molar-refractivity contribution in [1.29, 1.82) is 0 Å². The van der Waals surface area contributed by atoms with Crippen LogP contribution in [0.15, 0.2) is 0 Å². The van der Waals surface area contributed by atoms with Gasteiger partial charge in [-0.05, 0) is 56.5 Å². The summed E-state index contributed by atoms with van der Waals surface area (Å²) in [6, 6.07) is 0. The number of rotatable bonds is 11. The predicted octanol–water partition coefficient (Wildman–Crippen LogP) is 2.90. The molecule has 0 spiro atoms. The maximum atomic E-state index is 12.1. The van der Waals surface area contributed by atoms with Crippen molar-refractivity contribution in [3.05, 3.63) is 0 Å². The molecule has 0 amide bonds. The summed E-state index contributed by atoms with van der Waals surface area (Å²) in [5.41, 5.74) is 0.213. The molecule has 21 heavy (non-hydrogen) atoms. The van der Waals surface area contributed by atoms with E-state index in [0.29, 0.717) is 12.5 Å². The Morgan fingerprint density at radius 3 is 2.38 bits per heavy atom. The Labute approximate surface area is 131 Å². The third kappa shape index (κ3) is 7.61. The molecule has 126 valence electrons. The van der Waals surface area contributed by atoms with Crippen molar-refractivity contribution in [2.24, 2.45) is 11.3 Å². The highest BCUT2D eigenvalue weighted by Gasteiger charge is 2.35. The molecule has 5 heteroatoms. The highest BCUT2D eigenvalue weighted by Crippen LogP contribution is 2.42. The van der Waals surface area contributed by atoms with Crippen molar-refractivity contribution >= 4 is 10.0 Å². The van der Waals surface area contributed by atoms with Crippen molar-refractivity contribution in [1.82, 2.24) is 10.0 Å². The first-order chi connectivity index (χ1) is 9.89. The monoisotopic (exact) mass is 318 g/mol. The molecule has 1 aliphatic carbocycles. The molecule has 0 aromatic heterocycles. The normalized spacial score (nSPS) is 18.5. The van der Waals surface area contributed by atoms with Gasteiger partial charge in [-0.15, -0.1) is 0 Å². The number of nitrogens with one attached hydrogen (secondary N) is 2. The molecule has 4 nitrogen and oxygen atoms in total. The van der Waals surface area contributed by atoms with E-state index in [-0.39, 0.29) is 11.2 Å². The van der Waals surface area contributed by atoms with Gasteiger partial charge in [-0.1, -0.05) is 33.6 Å². The molecule has 1 aliphatic rings. The van der Waals surface area contributed by atoms with Crippen LogP contribution >= 0.6 is 0 Å². The van der Waals surface area contributed by atoms with Gasteiger partial charge >= 0.3 is 0 Å². The van der Waals surface area contributed by atoms with Crippen LogP contribution in [0.25, 0.3) is 0 Å². The number of hydrogen-bond donors (Lipinski definition) is 2. The molecule has 1 fully saturated rings. The zero-order valence-corrected chi connectivity index (χ0v) is 14.9.